The molecule has 0 unspecified atom stereocenters. The van der Waals surface area contributed by atoms with Crippen molar-refractivity contribution in [1.29, 1.82) is 0 Å². The lowest BCUT2D eigenvalue weighted by molar-refractivity contribution is -0.141. The zero-order chi connectivity index (χ0) is 19.8. The second-order valence-corrected chi connectivity index (χ2v) is 7.02. The number of sulfonamides is 1. The van der Waals surface area contributed by atoms with E-state index >= 15 is 0 Å². The second-order valence-electron chi connectivity index (χ2n) is 5.36. The van der Waals surface area contributed by atoms with E-state index in [-0.39, 0.29) is 4.90 Å². The summed E-state index contributed by atoms with van der Waals surface area (Å²) in [4.78, 5) is 1.91. The van der Waals surface area contributed by atoms with Crippen LogP contribution >= 0.6 is 0 Å². The van der Waals surface area contributed by atoms with Gasteiger partial charge < -0.3 is 0 Å². The predicted molar refractivity (Wildman–Crippen MR) is 85.6 cm³/mol. The van der Waals surface area contributed by atoms with E-state index in [0.29, 0.717) is 16.9 Å². The van der Waals surface area contributed by atoms with Gasteiger partial charge in [0.25, 0.3) is 10.0 Å². The first-order valence-electron chi connectivity index (χ1n) is 7.28. The Kier molecular flexibility index (Phi) is 4.64. The molecular formula is C16H10F5N3O2S. The van der Waals surface area contributed by atoms with Gasteiger partial charge in [0.1, 0.15) is 11.6 Å². The molecule has 0 aliphatic rings. The van der Waals surface area contributed by atoms with Crippen molar-refractivity contribution < 1.29 is 30.4 Å². The Balaban J connectivity index is 2.13. The number of aromatic nitrogens is 2. The second kappa shape index (κ2) is 6.65. The quantitative estimate of drug-likeness (QED) is 0.675. The molecule has 2 aromatic carbocycles. The fourth-order valence-corrected chi connectivity index (χ4v) is 3.23. The van der Waals surface area contributed by atoms with Crippen LogP contribution in [0, 0.1) is 11.6 Å². The third kappa shape index (κ3) is 3.92. The first-order valence-corrected chi connectivity index (χ1v) is 8.77. The number of nitrogens with one attached hydrogen (secondary N) is 1. The normalized spacial score (nSPS) is 12.2. The van der Waals surface area contributed by atoms with Crippen LogP contribution in [0.2, 0.25) is 0 Å². The number of alkyl halides is 3. The van der Waals surface area contributed by atoms with Crippen LogP contribution in [0.15, 0.2) is 59.5 Å². The van der Waals surface area contributed by atoms with Crippen molar-refractivity contribution in [2.24, 2.45) is 0 Å². The number of nitrogens with zero attached hydrogens (tertiary/aromatic N) is 2. The molecule has 1 N–H and O–H groups in total. The summed E-state index contributed by atoms with van der Waals surface area (Å²) in [5, 5.41) is 3.17. The summed E-state index contributed by atoms with van der Waals surface area (Å²) in [5.41, 5.74) is -2.45. The maximum atomic E-state index is 14.0. The van der Waals surface area contributed by atoms with Gasteiger partial charge >= 0.3 is 6.18 Å². The van der Waals surface area contributed by atoms with Crippen LogP contribution in [0.4, 0.5) is 22.0 Å². The fraction of sp³-hybridized carbons (Fsp3) is 0.0625. The van der Waals surface area contributed by atoms with Crippen molar-refractivity contribution in [3.8, 4) is 11.3 Å². The third-order valence-electron chi connectivity index (χ3n) is 3.47. The van der Waals surface area contributed by atoms with Crippen LogP contribution in [0.3, 0.4) is 0 Å². The monoisotopic (exact) mass is 403 g/mol. The van der Waals surface area contributed by atoms with Gasteiger partial charge in [0.05, 0.1) is 10.6 Å². The predicted octanol–water partition coefficient (Wildman–Crippen LogP) is 3.78. The number of rotatable bonds is 4. The van der Waals surface area contributed by atoms with Gasteiger partial charge in [-0.3, -0.25) is 0 Å². The Morgan fingerprint density at radius 2 is 1.63 bits per heavy atom. The molecule has 3 aromatic rings. The first kappa shape index (κ1) is 18.8. The molecule has 0 radical (unpaired) electrons. The summed E-state index contributed by atoms with van der Waals surface area (Å²) < 4.78 is 90.9. The van der Waals surface area contributed by atoms with Gasteiger partial charge in [-0.25, -0.2) is 8.78 Å². The molecule has 0 aliphatic heterocycles. The smallest absolute Gasteiger partial charge is 0.207 e. The molecule has 1 heterocycles. The first-order chi connectivity index (χ1) is 12.6. The molecule has 0 bridgehead atoms. The zero-order valence-electron chi connectivity index (χ0n) is 13.2. The minimum absolute atomic E-state index is 0.236. The van der Waals surface area contributed by atoms with Crippen LogP contribution in [0.1, 0.15) is 5.69 Å². The molecule has 0 aliphatic carbocycles. The van der Waals surface area contributed by atoms with E-state index < -0.39 is 44.8 Å². The Bertz CT molecular complexity index is 1080. The van der Waals surface area contributed by atoms with Crippen LogP contribution in [0.25, 0.3) is 11.3 Å². The molecule has 0 spiro atoms. The molecule has 3 rings (SSSR count). The number of hydrogen-bond acceptors (Lipinski definition) is 3. The summed E-state index contributed by atoms with van der Waals surface area (Å²) in [6.45, 7) is 0. The highest BCUT2D eigenvalue weighted by Crippen LogP contribution is 2.32. The Morgan fingerprint density at radius 1 is 0.963 bits per heavy atom. The van der Waals surface area contributed by atoms with E-state index in [1.807, 2.05) is 4.83 Å². The highest BCUT2D eigenvalue weighted by Gasteiger charge is 2.36. The fourth-order valence-electron chi connectivity index (χ4n) is 2.24. The maximum Gasteiger partial charge on any atom is 0.435 e. The van der Waals surface area contributed by atoms with Crippen molar-refractivity contribution in [3.63, 3.8) is 0 Å². The summed E-state index contributed by atoms with van der Waals surface area (Å²) in [6, 6.07) is 9.45. The van der Waals surface area contributed by atoms with Crippen molar-refractivity contribution in [2.45, 2.75) is 11.1 Å². The topological polar surface area (TPSA) is 64.0 Å². The highest BCUT2D eigenvalue weighted by atomic mass is 32.2. The minimum Gasteiger partial charge on any atom is -0.207 e. The summed E-state index contributed by atoms with van der Waals surface area (Å²) in [5.74, 6) is -2.12. The molecule has 0 saturated heterocycles. The van der Waals surface area contributed by atoms with Gasteiger partial charge in [-0.15, -0.1) is 5.10 Å². The maximum absolute atomic E-state index is 14.0. The highest BCUT2D eigenvalue weighted by molar-refractivity contribution is 7.92. The molecule has 142 valence electrons. The van der Waals surface area contributed by atoms with E-state index in [1.165, 1.54) is 24.3 Å². The number of benzene rings is 2. The van der Waals surface area contributed by atoms with Crippen LogP contribution in [-0.2, 0) is 16.2 Å². The van der Waals surface area contributed by atoms with Gasteiger partial charge in [-0.05, 0) is 30.3 Å². The number of hydrogen-bond donors (Lipinski definition) is 1. The lowest BCUT2D eigenvalue weighted by atomic mass is 10.1. The molecular weight excluding hydrogens is 393 g/mol. The number of halogens is 5. The molecule has 11 heteroatoms. The van der Waals surface area contributed by atoms with E-state index in [0.717, 1.165) is 12.1 Å². The van der Waals surface area contributed by atoms with Crippen molar-refractivity contribution >= 4 is 10.0 Å². The Hall–Kier alpha value is -2.95. The standard InChI is InChI=1S/C16H10F5N3O2S/c17-10-6-7-12(13(18)8-10)14-9-15(16(19,20)21)22-24(14)23-27(25,26)11-4-2-1-3-5-11/h1-9,23H. The lowest BCUT2D eigenvalue weighted by Gasteiger charge is -2.11. The van der Waals surface area contributed by atoms with E-state index in [9.17, 15) is 30.4 Å². The van der Waals surface area contributed by atoms with Gasteiger partial charge in [-0.1, -0.05) is 18.2 Å². The largest absolute Gasteiger partial charge is 0.435 e. The van der Waals surface area contributed by atoms with Gasteiger partial charge in [0.15, 0.2) is 5.69 Å². The molecule has 1 aromatic heterocycles. The molecule has 5 nitrogen and oxygen atoms in total. The van der Waals surface area contributed by atoms with Gasteiger partial charge in [0, 0.05) is 11.6 Å². The summed E-state index contributed by atoms with van der Waals surface area (Å²) in [6.07, 6.45) is -4.91. The molecule has 0 amide bonds. The lowest BCUT2D eigenvalue weighted by Crippen LogP contribution is -2.25. The third-order valence-corrected chi connectivity index (χ3v) is 4.77. The summed E-state index contributed by atoms with van der Waals surface area (Å²) >= 11 is 0. The Morgan fingerprint density at radius 3 is 2.22 bits per heavy atom. The SMILES string of the molecule is O=S(=O)(Nn1nc(C(F)(F)F)cc1-c1ccc(F)cc1F)c1ccccc1. The molecule has 0 saturated carbocycles. The van der Waals surface area contributed by atoms with Crippen molar-refractivity contribution in [3.05, 3.63) is 71.9 Å². The molecule has 0 fully saturated rings. The van der Waals surface area contributed by atoms with Crippen LogP contribution < -0.4 is 4.83 Å². The van der Waals surface area contributed by atoms with E-state index in [2.05, 4.69) is 5.10 Å². The molecule has 0 atom stereocenters. The average Bonchev–Trinajstić information content (AvgIpc) is 2.99. The van der Waals surface area contributed by atoms with Gasteiger partial charge in [0.2, 0.25) is 0 Å². The van der Waals surface area contributed by atoms with Crippen molar-refractivity contribution in [2.75, 3.05) is 4.83 Å². The van der Waals surface area contributed by atoms with Gasteiger partial charge in [-0.2, -0.15) is 31.2 Å². The van der Waals surface area contributed by atoms with E-state index in [1.54, 1.807) is 6.07 Å². The summed E-state index contributed by atoms with van der Waals surface area (Å²) in [7, 11) is -4.31. The van der Waals surface area contributed by atoms with Crippen molar-refractivity contribution in [1.82, 2.24) is 9.89 Å². The molecule has 27 heavy (non-hydrogen) atoms. The van der Waals surface area contributed by atoms with Crippen LogP contribution in [-0.4, -0.2) is 18.3 Å². The Labute approximate surface area is 150 Å². The minimum atomic E-state index is -4.91. The van der Waals surface area contributed by atoms with E-state index in [4.69, 9.17) is 0 Å². The average molecular weight is 403 g/mol. The zero-order valence-corrected chi connectivity index (χ0v) is 14.0. The van der Waals surface area contributed by atoms with Crippen LogP contribution in [0.5, 0.6) is 0 Å².